The Morgan fingerprint density at radius 1 is 1.30 bits per heavy atom. The molecule has 110 valence electrons. The van der Waals surface area contributed by atoms with E-state index in [0.29, 0.717) is 18.5 Å². The van der Waals surface area contributed by atoms with Crippen LogP contribution >= 0.6 is 0 Å². The molecule has 1 amide bonds. The van der Waals surface area contributed by atoms with Crippen molar-refractivity contribution in [1.82, 2.24) is 10.2 Å². The van der Waals surface area contributed by atoms with Crippen LogP contribution in [-0.4, -0.2) is 30.4 Å². The van der Waals surface area contributed by atoms with Gasteiger partial charge in [-0.15, -0.1) is 0 Å². The van der Waals surface area contributed by atoms with Gasteiger partial charge < -0.3 is 10.2 Å². The summed E-state index contributed by atoms with van der Waals surface area (Å²) in [6.45, 7) is 4.29. The van der Waals surface area contributed by atoms with Crippen LogP contribution in [0.15, 0.2) is 24.3 Å². The molecule has 1 aliphatic heterocycles. The molecule has 0 spiro atoms. The van der Waals surface area contributed by atoms with Crippen LogP contribution < -0.4 is 5.32 Å². The van der Waals surface area contributed by atoms with Gasteiger partial charge in [0.25, 0.3) is 0 Å². The lowest BCUT2D eigenvalue weighted by Crippen LogP contribution is -2.37. The van der Waals surface area contributed by atoms with Crippen molar-refractivity contribution >= 4 is 5.91 Å². The van der Waals surface area contributed by atoms with Crippen molar-refractivity contribution in [3.05, 3.63) is 35.6 Å². The highest BCUT2D eigenvalue weighted by Gasteiger charge is 2.16. The number of nitrogens with one attached hydrogen (secondary N) is 1. The largest absolute Gasteiger partial charge is 0.343 e. The molecule has 1 aliphatic rings. The first kappa shape index (κ1) is 15.0. The predicted octanol–water partition coefficient (Wildman–Crippen LogP) is 2.88. The number of carbonyl (C=O) groups excluding carboxylic acids is 1. The number of hydrogen-bond donors (Lipinski definition) is 1. The van der Waals surface area contributed by atoms with E-state index in [1.165, 1.54) is 12.5 Å². The van der Waals surface area contributed by atoms with E-state index in [2.05, 4.69) is 5.32 Å². The van der Waals surface area contributed by atoms with Gasteiger partial charge >= 0.3 is 0 Å². The van der Waals surface area contributed by atoms with Crippen LogP contribution in [-0.2, 0) is 4.79 Å². The molecule has 1 aromatic rings. The summed E-state index contributed by atoms with van der Waals surface area (Å²) in [4.78, 5) is 13.9. The van der Waals surface area contributed by atoms with Crippen LogP contribution in [0.2, 0.25) is 0 Å². The monoisotopic (exact) mass is 278 g/mol. The molecule has 2 rings (SSSR count). The summed E-state index contributed by atoms with van der Waals surface area (Å²) in [5.74, 6) is 0.00721. The number of likely N-dealkylation sites (tertiary alicyclic amines) is 1. The standard InChI is InChI=1S/C16H23FN2O/c1-13(14-7-3-4-8-15(14)17)18-10-9-16(20)19-11-5-2-6-12-19/h3-4,7-8,13,18H,2,5-6,9-12H2,1H3. The average Bonchev–Trinajstić information content (AvgIpc) is 2.48. The van der Waals surface area contributed by atoms with Crippen LogP contribution in [0.1, 0.15) is 44.2 Å². The number of amides is 1. The highest BCUT2D eigenvalue weighted by atomic mass is 19.1. The van der Waals surface area contributed by atoms with Crippen molar-refractivity contribution in [3.63, 3.8) is 0 Å². The highest BCUT2D eigenvalue weighted by Crippen LogP contribution is 2.16. The zero-order valence-corrected chi connectivity index (χ0v) is 12.1. The first-order chi connectivity index (χ1) is 9.68. The number of halogens is 1. The average molecular weight is 278 g/mol. The minimum atomic E-state index is -0.199. The number of benzene rings is 1. The van der Waals surface area contributed by atoms with E-state index in [4.69, 9.17) is 0 Å². The van der Waals surface area contributed by atoms with E-state index in [0.717, 1.165) is 25.9 Å². The van der Waals surface area contributed by atoms with Gasteiger partial charge in [-0.3, -0.25) is 4.79 Å². The third kappa shape index (κ3) is 4.04. The zero-order valence-electron chi connectivity index (χ0n) is 12.1. The number of nitrogens with zero attached hydrogens (tertiary/aromatic N) is 1. The van der Waals surface area contributed by atoms with Gasteiger partial charge in [0.05, 0.1) is 0 Å². The van der Waals surface area contributed by atoms with Crippen LogP contribution in [0, 0.1) is 5.82 Å². The van der Waals surface area contributed by atoms with Crippen molar-refractivity contribution in [1.29, 1.82) is 0 Å². The third-order valence-corrected chi connectivity index (χ3v) is 3.87. The van der Waals surface area contributed by atoms with Crippen LogP contribution in [0.3, 0.4) is 0 Å². The van der Waals surface area contributed by atoms with Gasteiger partial charge in [-0.2, -0.15) is 0 Å². The van der Waals surface area contributed by atoms with E-state index in [-0.39, 0.29) is 17.8 Å². The van der Waals surface area contributed by atoms with Crippen LogP contribution in [0.4, 0.5) is 4.39 Å². The minimum absolute atomic E-state index is 0.0784. The first-order valence-corrected chi connectivity index (χ1v) is 7.44. The van der Waals surface area contributed by atoms with Crippen molar-refractivity contribution < 1.29 is 9.18 Å². The fourth-order valence-electron chi connectivity index (χ4n) is 2.63. The fourth-order valence-corrected chi connectivity index (χ4v) is 2.63. The Kier molecular flexibility index (Phi) is 5.53. The van der Waals surface area contributed by atoms with Crippen LogP contribution in [0.25, 0.3) is 0 Å². The van der Waals surface area contributed by atoms with Gasteiger partial charge in [-0.05, 0) is 32.3 Å². The molecule has 1 aromatic carbocycles. The molecule has 1 heterocycles. The topological polar surface area (TPSA) is 32.3 Å². The molecule has 4 heteroatoms. The quantitative estimate of drug-likeness (QED) is 0.898. The number of hydrogen-bond acceptors (Lipinski definition) is 2. The molecule has 0 radical (unpaired) electrons. The molecule has 20 heavy (non-hydrogen) atoms. The number of piperidine rings is 1. The molecule has 1 fully saturated rings. The van der Waals surface area contributed by atoms with Gasteiger partial charge in [0.2, 0.25) is 5.91 Å². The van der Waals surface area contributed by atoms with E-state index < -0.39 is 0 Å². The van der Waals surface area contributed by atoms with Crippen molar-refractivity contribution in [3.8, 4) is 0 Å². The normalized spacial score (nSPS) is 17.0. The molecule has 1 saturated heterocycles. The Bertz CT molecular complexity index is 444. The molecular formula is C16H23FN2O. The highest BCUT2D eigenvalue weighted by molar-refractivity contribution is 5.76. The fraction of sp³-hybridized carbons (Fsp3) is 0.562. The minimum Gasteiger partial charge on any atom is -0.343 e. The number of carbonyl (C=O) groups is 1. The Balaban J connectivity index is 1.75. The summed E-state index contributed by atoms with van der Waals surface area (Å²) in [5, 5.41) is 3.22. The molecular weight excluding hydrogens is 255 g/mol. The van der Waals surface area contributed by atoms with E-state index in [1.54, 1.807) is 12.1 Å². The Hall–Kier alpha value is -1.42. The smallest absolute Gasteiger partial charge is 0.223 e. The summed E-state index contributed by atoms with van der Waals surface area (Å²) in [6, 6.07) is 6.68. The third-order valence-electron chi connectivity index (χ3n) is 3.87. The van der Waals surface area contributed by atoms with Gasteiger partial charge in [-0.25, -0.2) is 4.39 Å². The Labute approximate surface area is 120 Å². The molecule has 0 saturated carbocycles. The maximum atomic E-state index is 13.6. The lowest BCUT2D eigenvalue weighted by molar-refractivity contribution is -0.132. The number of rotatable bonds is 5. The summed E-state index contributed by atoms with van der Waals surface area (Å²) in [7, 11) is 0. The summed E-state index contributed by atoms with van der Waals surface area (Å²) >= 11 is 0. The zero-order chi connectivity index (χ0) is 14.4. The molecule has 0 aromatic heterocycles. The van der Waals surface area contributed by atoms with Gasteiger partial charge in [0, 0.05) is 37.7 Å². The Morgan fingerprint density at radius 3 is 2.70 bits per heavy atom. The van der Waals surface area contributed by atoms with Crippen molar-refractivity contribution in [2.75, 3.05) is 19.6 Å². The summed E-state index contributed by atoms with van der Waals surface area (Å²) < 4.78 is 13.6. The molecule has 0 aliphatic carbocycles. The lowest BCUT2D eigenvalue weighted by atomic mass is 10.1. The molecule has 0 bridgehead atoms. The van der Waals surface area contributed by atoms with Crippen molar-refractivity contribution in [2.24, 2.45) is 0 Å². The molecule has 1 N–H and O–H groups in total. The van der Waals surface area contributed by atoms with E-state index in [1.807, 2.05) is 17.9 Å². The summed E-state index contributed by atoms with van der Waals surface area (Å²) in [5.41, 5.74) is 0.651. The maximum Gasteiger partial charge on any atom is 0.223 e. The molecule has 1 unspecified atom stereocenters. The first-order valence-electron chi connectivity index (χ1n) is 7.44. The second kappa shape index (κ2) is 7.39. The predicted molar refractivity (Wildman–Crippen MR) is 77.9 cm³/mol. The van der Waals surface area contributed by atoms with E-state index in [9.17, 15) is 9.18 Å². The van der Waals surface area contributed by atoms with Gasteiger partial charge in [0.1, 0.15) is 5.82 Å². The SMILES string of the molecule is CC(NCCC(=O)N1CCCCC1)c1ccccc1F. The summed E-state index contributed by atoms with van der Waals surface area (Å²) in [6.07, 6.45) is 3.95. The second-order valence-electron chi connectivity index (χ2n) is 5.39. The van der Waals surface area contributed by atoms with E-state index >= 15 is 0 Å². The van der Waals surface area contributed by atoms with Gasteiger partial charge in [-0.1, -0.05) is 18.2 Å². The Morgan fingerprint density at radius 2 is 2.00 bits per heavy atom. The maximum absolute atomic E-state index is 13.6. The van der Waals surface area contributed by atoms with Crippen molar-refractivity contribution in [2.45, 2.75) is 38.6 Å². The lowest BCUT2D eigenvalue weighted by Gasteiger charge is -2.27. The van der Waals surface area contributed by atoms with Gasteiger partial charge in [0.15, 0.2) is 0 Å². The molecule has 3 nitrogen and oxygen atoms in total. The van der Waals surface area contributed by atoms with Crippen LogP contribution in [0.5, 0.6) is 0 Å². The second-order valence-corrected chi connectivity index (χ2v) is 5.39. The molecule has 1 atom stereocenters.